The van der Waals surface area contributed by atoms with Crippen LogP contribution in [0.4, 0.5) is 0 Å². The Hall–Kier alpha value is -4.77. The maximum atomic E-state index is 6.51. The Bertz CT molecular complexity index is 1690. The van der Waals surface area contributed by atoms with E-state index in [4.69, 9.17) is 9.72 Å². The second kappa shape index (κ2) is 8.54. The van der Waals surface area contributed by atoms with Gasteiger partial charge >= 0.3 is 0 Å². The van der Waals surface area contributed by atoms with Gasteiger partial charge in [0, 0.05) is 34.8 Å². The highest BCUT2D eigenvalue weighted by Gasteiger charge is 2.18. The van der Waals surface area contributed by atoms with Crippen molar-refractivity contribution in [1.29, 1.82) is 0 Å². The number of pyridine rings is 3. The summed E-state index contributed by atoms with van der Waals surface area (Å²) < 4.78 is 8.65. The second-order valence-corrected chi connectivity index (χ2v) is 8.37. The first-order valence-electron chi connectivity index (χ1n) is 11.4. The predicted molar refractivity (Wildman–Crippen MR) is 141 cm³/mol. The van der Waals surface area contributed by atoms with Gasteiger partial charge in [0.2, 0.25) is 5.88 Å². The van der Waals surface area contributed by atoms with Crippen LogP contribution < -0.4 is 4.74 Å². The summed E-state index contributed by atoms with van der Waals surface area (Å²) in [5.41, 5.74) is 5.40. The predicted octanol–water partition coefficient (Wildman–Crippen LogP) is 7.46. The van der Waals surface area contributed by atoms with Crippen molar-refractivity contribution in [3.63, 3.8) is 0 Å². The third-order valence-corrected chi connectivity index (χ3v) is 5.95. The minimum Gasteiger partial charge on any atom is -0.437 e. The van der Waals surface area contributed by atoms with E-state index in [2.05, 4.69) is 45.4 Å². The number of ether oxygens (including phenoxy) is 1. The van der Waals surface area contributed by atoms with Gasteiger partial charge in [-0.05, 0) is 55.0 Å². The SMILES string of the molecule is C=C(C)c1cc(-c2ccccn2)cc(Oc2cccc3c4ccccc4n(-c4ccccn4)c23)n1. The van der Waals surface area contributed by atoms with Crippen molar-refractivity contribution in [3.05, 3.63) is 116 Å². The fraction of sp³-hybridized carbons (Fsp3) is 0.0333. The topological polar surface area (TPSA) is 52.8 Å². The molecule has 6 rings (SSSR count). The standard InChI is InChI=1S/C30H22N4O/c1-20(2)25-18-21(24-12-5-7-16-31-24)19-29(33-25)35-27-14-9-11-23-22-10-3-4-13-26(22)34(30(23)27)28-15-6-8-17-32-28/h3-19H,1H2,2H3. The molecule has 4 aromatic heterocycles. The molecular formula is C30H22N4O. The molecule has 0 bridgehead atoms. The number of allylic oxidation sites excluding steroid dienone is 1. The summed E-state index contributed by atoms with van der Waals surface area (Å²) in [6, 6.07) is 30.1. The van der Waals surface area contributed by atoms with E-state index in [0.29, 0.717) is 11.6 Å². The highest BCUT2D eigenvalue weighted by molar-refractivity contribution is 6.11. The average molecular weight is 455 g/mol. The van der Waals surface area contributed by atoms with Crippen LogP contribution >= 0.6 is 0 Å². The molecular weight excluding hydrogens is 432 g/mol. The lowest BCUT2D eigenvalue weighted by molar-refractivity contribution is 0.466. The minimum absolute atomic E-state index is 0.483. The van der Waals surface area contributed by atoms with Crippen LogP contribution in [0, 0.1) is 0 Å². The molecule has 5 nitrogen and oxygen atoms in total. The lowest BCUT2D eigenvalue weighted by Gasteiger charge is -2.13. The lowest BCUT2D eigenvalue weighted by Crippen LogP contribution is -1.99. The smallest absolute Gasteiger partial charge is 0.220 e. The van der Waals surface area contributed by atoms with Gasteiger partial charge in [0.25, 0.3) is 0 Å². The lowest BCUT2D eigenvalue weighted by atomic mass is 10.1. The first kappa shape index (κ1) is 20.8. The molecule has 0 unspecified atom stereocenters. The molecule has 0 saturated heterocycles. The molecule has 0 aliphatic heterocycles. The normalized spacial score (nSPS) is 11.1. The van der Waals surface area contributed by atoms with Crippen molar-refractivity contribution in [2.24, 2.45) is 0 Å². The Morgan fingerprint density at radius 3 is 2.34 bits per heavy atom. The molecule has 0 aliphatic rings. The van der Waals surface area contributed by atoms with Crippen molar-refractivity contribution < 1.29 is 4.74 Å². The Morgan fingerprint density at radius 1 is 0.800 bits per heavy atom. The van der Waals surface area contributed by atoms with E-state index in [0.717, 1.165) is 50.1 Å². The molecule has 2 aromatic carbocycles. The molecule has 0 N–H and O–H groups in total. The summed E-state index contributed by atoms with van der Waals surface area (Å²) >= 11 is 0. The number of benzene rings is 2. The van der Waals surface area contributed by atoms with Crippen molar-refractivity contribution in [2.45, 2.75) is 6.92 Å². The van der Waals surface area contributed by atoms with Crippen LogP contribution in [0.5, 0.6) is 11.6 Å². The summed E-state index contributed by atoms with van der Waals surface area (Å²) in [7, 11) is 0. The van der Waals surface area contributed by atoms with Crippen LogP contribution in [-0.4, -0.2) is 19.5 Å². The highest BCUT2D eigenvalue weighted by atomic mass is 16.5. The van der Waals surface area contributed by atoms with E-state index < -0.39 is 0 Å². The number of rotatable bonds is 5. The molecule has 168 valence electrons. The highest BCUT2D eigenvalue weighted by Crippen LogP contribution is 2.38. The maximum absolute atomic E-state index is 6.51. The van der Waals surface area contributed by atoms with Crippen molar-refractivity contribution in [3.8, 4) is 28.7 Å². The summed E-state index contributed by atoms with van der Waals surface area (Å²) in [6.45, 7) is 6.03. The van der Waals surface area contributed by atoms with Crippen molar-refractivity contribution >= 4 is 27.4 Å². The molecule has 4 heterocycles. The largest absolute Gasteiger partial charge is 0.437 e. The van der Waals surface area contributed by atoms with Gasteiger partial charge in [-0.15, -0.1) is 0 Å². The molecule has 5 heteroatoms. The number of hydrogen-bond acceptors (Lipinski definition) is 4. The Kier molecular flexibility index (Phi) is 5.08. The maximum Gasteiger partial charge on any atom is 0.220 e. The van der Waals surface area contributed by atoms with E-state index in [1.54, 1.807) is 12.4 Å². The molecule has 0 aliphatic carbocycles. The molecule has 0 atom stereocenters. The van der Waals surface area contributed by atoms with Crippen LogP contribution in [0.3, 0.4) is 0 Å². The Morgan fingerprint density at radius 2 is 1.57 bits per heavy atom. The number of aromatic nitrogens is 4. The average Bonchev–Trinajstić information content (AvgIpc) is 3.25. The Labute approximate surface area is 203 Å². The molecule has 35 heavy (non-hydrogen) atoms. The number of fused-ring (bicyclic) bond motifs is 3. The van der Waals surface area contributed by atoms with Gasteiger partial charge < -0.3 is 4.74 Å². The van der Waals surface area contributed by atoms with Gasteiger partial charge in [-0.25, -0.2) is 9.97 Å². The summed E-state index contributed by atoms with van der Waals surface area (Å²) in [5.74, 6) is 2.01. The molecule has 0 fully saturated rings. The molecule has 0 radical (unpaired) electrons. The van der Waals surface area contributed by atoms with Crippen LogP contribution in [0.25, 0.3) is 44.5 Å². The fourth-order valence-electron chi connectivity index (χ4n) is 4.36. The molecule has 0 saturated carbocycles. The van der Waals surface area contributed by atoms with E-state index in [-0.39, 0.29) is 0 Å². The molecule has 0 spiro atoms. The van der Waals surface area contributed by atoms with Gasteiger partial charge in [0.1, 0.15) is 5.82 Å². The van der Waals surface area contributed by atoms with Crippen LogP contribution in [0.1, 0.15) is 12.6 Å². The number of para-hydroxylation sites is 2. The van der Waals surface area contributed by atoms with Crippen molar-refractivity contribution in [1.82, 2.24) is 19.5 Å². The zero-order chi connectivity index (χ0) is 23.8. The number of nitrogens with zero attached hydrogens (tertiary/aromatic N) is 4. The first-order valence-corrected chi connectivity index (χ1v) is 11.4. The van der Waals surface area contributed by atoms with E-state index in [1.165, 1.54) is 0 Å². The fourth-order valence-corrected chi connectivity index (χ4v) is 4.36. The van der Waals surface area contributed by atoms with E-state index in [9.17, 15) is 0 Å². The van der Waals surface area contributed by atoms with Gasteiger partial charge in [-0.2, -0.15) is 0 Å². The van der Waals surface area contributed by atoms with E-state index >= 15 is 0 Å². The van der Waals surface area contributed by atoms with Crippen molar-refractivity contribution in [2.75, 3.05) is 0 Å². The minimum atomic E-state index is 0.483. The summed E-state index contributed by atoms with van der Waals surface area (Å²) in [5, 5.41) is 2.22. The van der Waals surface area contributed by atoms with Gasteiger partial charge in [0.05, 0.1) is 22.4 Å². The van der Waals surface area contributed by atoms with Gasteiger partial charge in [-0.1, -0.05) is 49.0 Å². The van der Waals surface area contributed by atoms with Crippen LogP contribution in [0.15, 0.2) is 110 Å². The summed E-state index contributed by atoms with van der Waals surface area (Å²) in [4.78, 5) is 13.9. The Balaban J connectivity index is 1.57. The second-order valence-electron chi connectivity index (χ2n) is 8.37. The molecule has 0 amide bonds. The third kappa shape index (κ3) is 3.73. The first-order chi connectivity index (χ1) is 17.2. The van der Waals surface area contributed by atoms with Gasteiger partial charge in [0.15, 0.2) is 5.75 Å². The van der Waals surface area contributed by atoms with Gasteiger partial charge in [-0.3, -0.25) is 9.55 Å². The zero-order valence-corrected chi connectivity index (χ0v) is 19.2. The van der Waals surface area contributed by atoms with E-state index in [1.807, 2.05) is 73.7 Å². The zero-order valence-electron chi connectivity index (χ0n) is 19.2. The summed E-state index contributed by atoms with van der Waals surface area (Å²) in [6.07, 6.45) is 3.58. The quantitative estimate of drug-likeness (QED) is 0.271. The third-order valence-electron chi connectivity index (χ3n) is 5.95. The van der Waals surface area contributed by atoms with Crippen LogP contribution in [-0.2, 0) is 0 Å². The molecule has 6 aromatic rings. The number of hydrogen-bond donors (Lipinski definition) is 0. The monoisotopic (exact) mass is 454 g/mol. The van der Waals surface area contributed by atoms with Crippen LogP contribution in [0.2, 0.25) is 0 Å².